The van der Waals surface area contributed by atoms with Crippen LogP contribution in [0.25, 0.3) is 0 Å². The Morgan fingerprint density at radius 3 is 3.29 bits per heavy atom. The molecule has 0 aliphatic carbocycles. The quantitative estimate of drug-likeness (QED) is 0.843. The SMILES string of the molecule is Cc1cc(CNC2CC(=O)N3CCCC23)no1. The monoisotopic (exact) mass is 235 g/mol. The van der Waals surface area contributed by atoms with E-state index in [1.165, 1.54) is 0 Å². The van der Waals surface area contributed by atoms with Crippen LogP contribution in [0, 0.1) is 6.92 Å². The van der Waals surface area contributed by atoms with Crippen LogP contribution in [0.15, 0.2) is 10.6 Å². The van der Waals surface area contributed by atoms with Crippen molar-refractivity contribution in [1.82, 2.24) is 15.4 Å². The van der Waals surface area contributed by atoms with Gasteiger partial charge in [0.05, 0.1) is 5.69 Å². The van der Waals surface area contributed by atoms with E-state index in [4.69, 9.17) is 4.52 Å². The van der Waals surface area contributed by atoms with Crippen LogP contribution in [0.4, 0.5) is 0 Å². The smallest absolute Gasteiger partial charge is 0.224 e. The number of hydrogen-bond acceptors (Lipinski definition) is 4. The first-order valence-electron chi connectivity index (χ1n) is 6.19. The topological polar surface area (TPSA) is 58.4 Å². The van der Waals surface area contributed by atoms with Crippen molar-refractivity contribution in [2.45, 2.75) is 44.8 Å². The van der Waals surface area contributed by atoms with Crippen LogP contribution in [-0.4, -0.2) is 34.6 Å². The Bertz CT molecular complexity index is 429. The molecule has 3 heterocycles. The van der Waals surface area contributed by atoms with Crippen molar-refractivity contribution >= 4 is 5.91 Å². The predicted octanol–water partition coefficient (Wildman–Crippen LogP) is 0.836. The van der Waals surface area contributed by atoms with Crippen LogP contribution in [0.5, 0.6) is 0 Å². The molecule has 92 valence electrons. The minimum Gasteiger partial charge on any atom is -0.361 e. The summed E-state index contributed by atoms with van der Waals surface area (Å²) in [4.78, 5) is 13.8. The summed E-state index contributed by atoms with van der Waals surface area (Å²) in [5, 5.41) is 7.37. The van der Waals surface area contributed by atoms with Gasteiger partial charge in [-0.05, 0) is 19.8 Å². The number of nitrogens with one attached hydrogen (secondary N) is 1. The molecule has 1 aromatic heterocycles. The Morgan fingerprint density at radius 2 is 2.53 bits per heavy atom. The molecule has 1 amide bonds. The molecule has 0 aromatic carbocycles. The van der Waals surface area contributed by atoms with Gasteiger partial charge in [-0.1, -0.05) is 5.16 Å². The fraction of sp³-hybridized carbons (Fsp3) is 0.667. The van der Waals surface area contributed by atoms with E-state index in [2.05, 4.69) is 10.5 Å². The Kier molecular flexibility index (Phi) is 2.63. The summed E-state index contributed by atoms with van der Waals surface area (Å²) in [5.74, 6) is 1.12. The third-order valence-corrected chi connectivity index (χ3v) is 3.70. The zero-order valence-electron chi connectivity index (χ0n) is 9.98. The van der Waals surface area contributed by atoms with Gasteiger partial charge in [0.2, 0.25) is 5.91 Å². The Balaban J connectivity index is 1.60. The number of rotatable bonds is 3. The van der Waals surface area contributed by atoms with Gasteiger partial charge in [0.25, 0.3) is 0 Å². The molecule has 2 saturated heterocycles. The lowest BCUT2D eigenvalue weighted by Crippen LogP contribution is -2.39. The second kappa shape index (κ2) is 4.14. The van der Waals surface area contributed by atoms with Crippen molar-refractivity contribution in [3.05, 3.63) is 17.5 Å². The van der Waals surface area contributed by atoms with Gasteiger partial charge >= 0.3 is 0 Å². The maximum Gasteiger partial charge on any atom is 0.224 e. The number of aryl methyl sites for hydroxylation is 1. The number of amides is 1. The summed E-state index contributed by atoms with van der Waals surface area (Å²) in [7, 11) is 0. The van der Waals surface area contributed by atoms with Crippen LogP contribution in [0.1, 0.15) is 30.7 Å². The first kappa shape index (κ1) is 10.8. The van der Waals surface area contributed by atoms with Gasteiger partial charge in [-0.3, -0.25) is 4.79 Å². The highest BCUT2D eigenvalue weighted by molar-refractivity contribution is 5.80. The third-order valence-electron chi connectivity index (χ3n) is 3.70. The molecule has 2 fully saturated rings. The first-order chi connectivity index (χ1) is 8.24. The average Bonchev–Trinajstić information content (AvgIpc) is 2.96. The van der Waals surface area contributed by atoms with Crippen molar-refractivity contribution < 1.29 is 9.32 Å². The Morgan fingerprint density at radius 1 is 1.65 bits per heavy atom. The minimum atomic E-state index is 0.280. The van der Waals surface area contributed by atoms with Crippen LogP contribution in [0.2, 0.25) is 0 Å². The zero-order chi connectivity index (χ0) is 11.8. The lowest BCUT2D eigenvalue weighted by Gasteiger charge is -2.20. The highest BCUT2D eigenvalue weighted by Crippen LogP contribution is 2.29. The molecule has 17 heavy (non-hydrogen) atoms. The van der Waals surface area contributed by atoms with Gasteiger partial charge in [-0.15, -0.1) is 0 Å². The van der Waals surface area contributed by atoms with E-state index in [0.29, 0.717) is 24.9 Å². The summed E-state index contributed by atoms with van der Waals surface area (Å²) >= 11 is 0. The van der Waals surface area contributed by atoms with E-state index in [0.717, 1.165) is 30.8 Å². The zero-order valence-corrected chi connectivity index (χ0v) is 9.98. The molecule has 3 rings (SSSR count). The molecular weight excluding hydrogens is 218 g/mol. The molecule has 1 aromatic rings. The van der Waals surface area contributed by atoms with Crippen molar-refractivity contribution in [2.24, 2.45) is 0 Å². The molecule has 0 bridgehead atoms. The van der Waals surface area contributed by atoms with Crippen molar-refractivity contribution in [3.63, 3.8) is 0 Å². The van der Waals surface area contributed by atoms with Crippen molar-refractivity contribution in [1.29, 1.82) is 0 Å². The largest absolute Gasteiger partial charge is 0.361 e. The summed E-state index contributed by atoms with van der Waals surface area (Å²) < 4.78 is 5.02. The molecule has 2 atom stereocenters. The van der Waals surface area contributed by atoms with E-state index in [1.54, 1.807) is 0 Å². The average molecular weight is 235 g/mol. The van der Waals surface area contributed by atoms with Gasteiger partial charge in [0.15, 0.2) is 0 Å². The van der Waals surface area contributed by atoms with Gasteiger partial charge in [-0.2, -0.15) is 0 Å². The molecule has 0 spiro atoms. The number of hydrogen-bond donors (Lipinski definition) is 1. The van der Waals surface area contributed by atoms with Crippen LogP contribution >= 0.6 is 0 Å². The van der Waals surface area contributed by atoms with E-state index in [9.17, 15) is 4.79 Å². The van der Waals surface area contributed by atoms with Crippen LogP contribution in [-0.2, 0) is 11.3 Å². The highest BCUT2D eigenvalue weighted by atomic mass is 16.5. The summed E-state index contributed by atoms with van der Waals surface area (Å²) in [6, 6.07) is 2.61. The molecule has 2 unspecified atom stereocenters. The number of carbonyl (C=O) groups excluding carboxylic acids is 1. The minimum absolute atomic E-state index is 0.280. The fourth-order valence-corrected chi connectivity index (χ4v) is 2.91. The molecule has 0 radical (unpaired) electrons. The van der Waals surface area contributed by atoms with Crippen molar-refractivity contribution in [3.8, 4) is 0 Å². The number of fused-ring (bicyclic) bond motifs is 1. The number of carbonyl (C=O) groups is 1. The molecule has 0 saturated carbocycles. The number of nitrogens with zero attached hydrogens (tertiary/aromatic N) is 2. The third kappa shape index (κ3) is 1.95. The van der Waals surface area contributed by atoms with Crippen LogP contribution in [0.3, 0.4) is 0 Å². The highest BCUT2D eigenvalue weighted by Gasteiger charge is 2.41. The maximum atomic E-state index is 11.7. The second-order valence-corrected chi connectivity index (χ2v) is 4.92. The van der Waals surface area contributed by atoms with Gasteiger partial charge < -0.3 is 14.7 Å². The molecule has 2 aliphatic rings. The maximum absolute atomic E-state index is 11.7. The van der Waals surface area contributed by atoms with E-state index < -0.39 is 0 Å². The molecule has 2 aliphatic heterocycles. The van der Waals surface area contributed by atoms with Gasteiger partial charge in [0.1, 0.15) is 5.76 Å². The first-order valence-corrected chi connectivity index (χ1v) is 6.19. The second-order valence-electron chi connectivity index (χ2n) is 4.92. The summed E-state index contributed by atoms with van der Waals surface area (Å²) in [5.41, 5.74) is 0.909. The lowest BCUT2D eigenvalue weighted by atomic mass is 10.1. The van der Waals surface area contributed by atoms with E-state index in [-0.39, 0.29) is 6.04 Å². The Hall–Kier alpha value is -1.36. The molecule has 1 N–H and O–H groups in total. The van der Waals surface area contributed by atoms with Gasteiger partial charge in [0, 0.05) is 37.7 Å². The van der Waals surface area contributed by atoms with Crippen molar-refractivity contribution in [2.75, 3.05) is 6.54 Å². The molecule has 5 heteroatoms. The van der Waals surface area contributed by atoms with E-state index in [1.807, 2.05) is 17.9 Å². The summed E-state index contributed by atoms with van der Waals surface area (Å²) in [6.45, 7) is 3.50. The summed E-state index contributed by atoms with van der Waals surface area (Å²) in [6.07, 6.45) is 2.89. The van der Waals surface area contributed by atoms with Gasteiger partial charge in [-0.25, -0.2) is 0 Å². The fourth-order valence-electron chi connectivity index (χ4n) is 2.91. The van der Waals surface area contributed by atoms with Crippen LogP contribution < -0.4 is 5.32 Å². The normalized spacial score (nSPS) is 27.8. The number of aromatic nitrogens is 1. The molecule has 5 nitrogen and oxygen atoms in total. The molecular formula is C12H17N3O2. The predicted molar refractivity (Wildman–Crippen MR) is 61.2 cm³/mol. The lowest BCUT2D eigenvalue weighted by molar-refractivity contribution is -0.127. The standard InChI is InChI=1S/C12H17N3O2/c1-8-5-9(14-17-8)7-13-10-6-12(16)15-4-2-3-11(10)15/h5,10-11,13H,2-4,6-7H2,1H3. The Labute approximate surface area is 100 Å². The van der Waals surface area contributed by atoms with E-state index >= 15 is 0 Å².